The van der Waals surface area contributed by atoms with E-state index in [1.54, 1.807) is 12.1 Å². The maximum atomic E-state index is 11.3. The van der Waals surface area contributed by atoms with Gasteiger partial charge in [-0.3, -0.25) is 10.2 Å². The molecule has 0 radical (unpaired) electrons. The van der Waals surface area contributed by atoms with Crippen molar-refractivity contribution in [1.29, 1.82) is 0 Å². The molecule has 88 valence electrons. The highest BCUT2D eigenvalue weighted by Crippen LogP contribution is 2.20. The molecular formula is C11H15BrN2O2. The third kappa shape index (κ3) is 3.59. The molecule has 0 aromatic heterocycles. The zero-order valence-corrected chi connectivity index (χ0v) is 10.9. The fourth-order valence-electron chi connectivity index (χ4n) is 1.15. The Morgan fingerprint density at radius 2 is 2.25 bits per heavy atom. The van der Waals surface area contributed by atoms with Crippen molar-refractivity contribution in [3.63, 3.8) is 0 Å². The standard InChI is InChI=1S/C11H15BrN2O2/c1-7(2)16-6-9-4-3-8(5-10(9)12)11(15)14-13/h3-5,7H,6,13H2,1-2H3,(H,14,15). The molecule has 5 heteroatoms. The van der Waals surface area contributed by atoms with Crippen molar-refractivity contribution in [3.8, 4) is 0 Å². The average molecular weight is 287 g/mol. The number of amides is 1. The van der Waals surface area contributed by atoms with E-state index in [-0.39, 0.29) is 12.0 Å². The highest BCUT2D eigenvalue weighted by molar-refractivity contribution is 9.10. The number of hydrogen-bond donors (Lipinski definition) is 2. The van der Waals surface area contributed by atoms with Crippen LogP contribution in [0.15, 0.2) is 22.7 Å². The predicted octanol–water partition coefficient (Wildman–Crippen LogP) is 1.98. The minimum atomic E-state index is -0.308. The second-order valence-corrected chi connectivity index (χ2v) is 4.49. The molecule has 0 bridgehead atoms. The van der Waals surface area contributed by atoms with Crippen LogP contribution in [0.2, 0.25) is 0 Å². The Balaban J connectivity index is 2.79. The van der Waals surface area contributed by atoms with Crippen LogP contribution in [-0.2, 0) is 11.3 Å². The van der Waals surface area contributed by atoms with Gasteiger partial charge in [-0.25, -0.2) is 5.84 Å². The van der Waals surface area contributed by atoms with Crippen LogP contribution in [0.3, 0.4) is 0 Å². The number of nitrogens with one attached hydrogen (secondary N) is 1. The van der Waals surface area contributed by atoms with Crippen LogP contribution in [-0.4, -0.2) is 12.0 Å². The number of benzene rings is 1. The van der Waals surface area contributed by atoms with E-state index in [1.165, 1.54) is 0 Å². The van der Waals surface area contributed by atoms with Gasteiger partial charge < -0.3 is 4.74 Å². The van der Waals surface area contributed by atoms with Crippen LogP contribution in [0.5, 0.6) is 0 Å². The molecule has 1 aromatic carbocycles. The zero-order valence-electron chi connectivity index (χ0n) is 9.29. The molecule has 0 spiro atoms. The largest absolute Gasteiger partial charge is 0.374 e. The normalized spacial score (nSPS) is 10.6. The van der Waals surface area contributed by atoms with Gasteiger partial charge in [0.15, 0.2) is 0 Å². The topological polar surface area (TPSA) is 64.3 Å². The predicted molar refractivity (Wildman–Crippen MR) is 65.7 cm³/mol. The molecule has 0 aliphatic heterocycles. The summed E-state index contributed by atoms with van der Waals surface area (Å²) in [6.07, 6.45) is 0.180. The highest BCUT2D eigenvalue weighted by atomic mass is 79.9. The third-order valence-electron chi connectivity index (χ3n) is 2.02. The first kappa shape index (κ1) is 13.2. The highest BCUT2D eigenvalue weighted by Gasteiger charge is 2.07. The third-order valence-corrected chi connectivity index (χ3v) is 2.76. The molecule has 0 aliphatic carbocycles. The Hall–Kier alpha value is -0.910. The van der Waals surface area contributed by atoms with Crippen molar-refractivity contribution >= 4 is 21.8 Å². The first-order valence-corrected chi connectivity index (χ1v) is 5.75. The van der Waals surface area contributed by atoms with Crippen LogP contribution < -0.4 is 11.3 Å². The summed E-state index contributed by atoms with van der Waals surface area (Å²) >= 11 is 3.39. The second kappa shape index (κ2) is 5.98. The smallest absolute Gasteiger partial charge is 0.265 e. The number of nitrogen functional groups attached to an aromatic ring is 1. The lowest BCUT2D eigenvalue weighted by Crippen LogP contribution is -2.29. The number of carbonyl (C=O) groups is 1. The van der Waals surface area contributed by atoms with E-state index in [1.807, 2.05) is 19.9 Å². The van der Waals surface area contributed by atoms with E-state index >= 15 is 0 Å². The van der Waals surface area contributed by atoms with Gasteiger partial charge in [0.2, 0.25) is 0 Å². The Morgan fingerprint density at radius 1 is 1.56 bits per heavy atom. The number of carbonyl (C=O) groups excluding carboxylic acids is 1. The average Bonchev–Trinajstić information content (AvgIpc) is 2.26. The fourth-order valence-corrected chi connectivity index (χ4v) is 1.64. The second-order valence-electron chi connectivity index (χ2n) is 3.64. The van der Waals surface area contributed by atoms with Crippen molar-refractivity contribution in [2.45, 2.75) is 26.6 Å². The Bertz CT molecular complexity index is 380. The first-order chi connectivity index (χ1) is 7.54. The molecule has 16 heavy (non-hydrogen) atoms. The number of hydrogen-bond acceptors (Lipinski definition) is 3. The summed E-state index contributed by atoms with van der Waals surface area (Å²) in [6.45, 7) is 4.47. The Labute approximate surface area is 103 Å². The van der Waals surface area contributed by atoms with Crippen molar-refractivity contribution in [2.24, 2.45) is 5.84 Å². The van der Waals surface area contributed by atoms with Gasteiger partial charge in [0.25, 0.3) is 5.91 Å². The van der Waals surface area contributed by atoms with Crippen molar-refractivity contribution in [3.05, 3.63) is 33.8 Å². The van der Waals surface area contributed by atoms with E-state index in [4.69, 9.17) is 10.6 Å². The summed E-state index contributed by atoms with van der Waals surface area (Å²) < 4.78 is 6.32. The van der Waals surface area contributed by atoms with Gasteiger partial charge in [-0.1, -0.05) is 22.0 Å². The van der Waals surface area contributed by atoms with Gasteiger partial charge >= 0.3 is 0 Å². The maximum Gasteiger partial charge on any atom is 0.265 e. The van der Waals surface area contributed by atoms with E-state index < -0.39 is 0 Å². The molecule has 1 amide bonds. The van der Waals surface area contributed by atoms with E-state index in [0.717, 1.165) is 10.0 Å². The molecule has 0 saturated heterocycles. The number of ether oxygens (including phenoxy) is 1. The molecule has 0 heterocycles. The van der Waals surface area contributed by atoms with E-state index in [9.17, 15) is 4.79 Å². The Morgan fingerprint density at radius 3 is 2.75 bits per heavy atom. The van der Waals surface area contributed by atoms with Crippen LogP contribution in [0.4, 0.5) is 0 Å². The van der Waals surface area contributed by atoms with Gasteiger partial charge in [-0.15, -0.1) is 0 Å². The molecule has 3 N–H and O–H groups in total. The van der Waals surface area contributed by atoms with Crippen LogP contribution >= 0.6 is 15.9 Å². The lowest BCUT2D eigenvalue weighted by atomic mass is 10.1. The van der Waals surface area contributed by atoms with Gasteiger partial charge in [-0.2, -0.15) is 0 Å². The molecule has 0 aliphatic rings. The number of hydrazine groups is 1. The summed E-state index contributed by atoms with van der Waals surface area (Å²) in [4.78, 5) is 11.3. The SMILES string of the molecule is CC(C)OCc1ccc(C(=O)NN)cc1Br. The summed E-state index contributed by atoms with van der Waals surface area (Å²) in [6, 6.07) is 5.28. The number of rotatable bonds is 4. The molecule has 0 atom stereocenters. The summed E-state index contributed by atoms with van der Waals surface area (Å²) in [7, 11) is 0. The van der Waals surface area contributed by atoms with Crippen LogP contribution in [0, 0.1) is 0 Å². The van der Waals surface area contributed by atoms with E-state index in [2.05, 4.69) is 21.4 Å². The van der Waals surface area contributed by atoms with Gasteiger partial charge in [-0.05, 0) is 31.5 Å². The van der Waals surface area contributed by atoms with E-state index in [0.29, 0.717) is 12.2 Å². The molecule has 1 aromatic rings. The van der Waals surface area contributed by atoms with Crippen LogP contribution in [0.1, 0.15) is 29.8 Å². The van der Waals surface area contributed by atoms with Crippen LogP contribution in [0.25, 0.3) is 0 Å². The van der Waals surface area contributed by atoms with Crippen molar-refractivity contribution in [1.82, 2.24) is 5.43 Å². The fraction of sp³-hybridized carbons (Fsp3) is 0.364. The Kier molecular flexibility index (Phi) is 4.92. The monoisotopic (exact) mass is 286 g/mol. The minimum Gasteiger partial charge on any atom is -0.374 e. The molecule has 0 fully saturated rings. The zero-order chi connectivity index (χ0) is 12.1. The van der Waals surface area contributed by atoms with Crippen molar-refractivity contribution in [2.75, 3.05) is 0 Å². The molecular weight excluding hydrogens is 272 g/mol. The van der Waals surface area contributed by atoms with Gasteiger partial charge in [0, 0.05) is 10.0 Å². The molecule has 0 saturated carbocycles. The summed E-state index contributed by atoms with van der Waals surface area (Å²) in [5.74, 6) is 4.74. The first-order valence-electron chi connectivity index (χ1n) is 4.95. The molecule has 4 nitrogen and oxygen atoms in total. The summed E-state index contributed by atoms with van der Waals surface area (Å²) in [5, 5.41) is 0. The summed E-state index contributed by atoms with van der Waals surface area (Å²) in [5.41, 5.74) is 3.61. The van der Waals surface area contributed by atoms with Gasteiger partial charge in [0.05, 0.1) is 12.7 Å². The maximum absolute atomic E-state index is 11.3. The lowest BCUT2D eigenvalue weighted by molar-refractivity contribution is 0.0653. The lowest BCUT2D eigenvalue weighted by Gasteiger charge is -2.10. The quantitative estimate of drug-likeness (QED) is 0.505. The number of nitrogens with two attached hydrogens (primary N) is 1. The minimum absolute atomic E-state index is 0.180. The number of halogens is 1. The molecule has 1 rings (SSSR count). The van der Waals surface area contributed by atoms with Crippen molar-refractivity contribution < 1.29 is 9.53 Å². The molecule has 0 unspecified atom stereocenters. The van der Waals surface area contributed by atoms with Gasteiger partial charge in [0.1, 0.15) is 0 Å².